The number of carbonyl (C=O) groups is 1. The molecule has 6 heteroatoms. The second-order valence-corrected chi connectivity index (χ2v) is 3.62. The maximum Gasteiger partial charge on any atom is 0.257 e. The minimum absolute atomic E-state index is 0.130. The molecular weight excluding hydrogens is 237 g/mol. The van der Waals surface area contributed by atoms with E-state index < -0.39 is 11.7 Å². The Labute approximate surface area is 102 Å². The summed E-state index contributed by atoms with van der Waals surface area (Å²) in [5, 5.41) is 11.6. The van der Waals surface area contributed by atoms with Crippen LogP contribution < -0.4 is 11.1 Å². The predicted octanol–water partition coefficient (Wildman–Crippen LogP) is 1.76. The number of anilines is 2. The third-order valence-corrected chi connectivity index (χ3v) is 2.25. The number of pyridine rings is 1. The highest BCUT2D eigenvalue weighted by Gasteiger charge is 2.09. The molecule has 0 atom stereocenters. The van der Waals surface area contributed by atoms with Crippen molar-refractivity contribution >= 4 is 17.3 Å². The Morgan fingerprint density at radius 2 is 2.11 bits per heavy atom. The summed E-state index contributed by atoms with van der Waals surface area (Å²) in [6, 6.07) is 4.91. The third-order valence-electron chi connectivity index (χ3n) is 2.25. The number of hydrogen-bond donors (Lipinski definition) is 3. The fourth-order valence-electron chi connectivity index (χ4n) is 1.38. The van der Waals surface area contributed by atoms with Crippen LogP contribution in [0.5, 0.6) is 5.75 Å². The van der Waals surface area contributed by atoms with E-state index in [0.29, 0.717) is 0 Å². The fraction of sp³-hybridized carbons (Fsp3) is 0. The van der Waals surface area contributed by atoms with E-state index in [-0.39, 0.29) is 22.7 Å². The maximum atomic E-state index is 13.0. The summed E-state index contributed by atoms with van der Waals surface area (Å²) >= 11 is 0. The van der Waals surface area contributed by atoms with Crippen molar-refractivity contribution in [3.8, 4) is 5.75 Å². The first-order chi connectivity index (χ1) is 8.56. The predicted molar refractivity (Wildman–Crippen MR) is 64.7 cm³/mol. The molecule has 0 radical (unpaired) electrons. The summed E-state index contributed by atoms with van der Waals surface area (Å²) in [4.78, 5) is 15.5. The number of nitrogens with two attached hydrogens (primary N) is 1. The van der Waals surface area contributed by atoms with E-state index in [4.69, 9.17) is 5.73 Å². The standard InChI is InChI=1S/C12H10FN3O2/c13-8-1-2-10(14)11(4-8)16-12(18)7-3-9(17)6-15-5-7/h1-6,17H,14H2,(H,16,18). The highest BCUT2D eigenvalue weighted by atomic mass is 19.1. The molecule has 0 bridgehead atoms. The molecule has 4 N–H and O–H groups in total. The zero-order valence-corrected chi connectivity index (χ0v) is 9.22. The lowest BCUT2D eigenvalue weighted by Crippen LogP contribution is -2.13. The normalized spacial score (nSPS) is 10.1. The first-order valence-corrected chi connectivity index (χ1v) is 5.06. The fourth-order valence-corrected chi connectivity index (χ4v) is 1.38. The number of rotatable bonds is 2. The Bertz CT molecular complexity index is 602. The molecule has 1 amide bonds. The van der Waals surface area contributed by atoms with Gasteiger partial charge in [-0.05, 0) is 24.3 Å². The number of nitrogen functional groups attached to an aromatic ring is 1. The number of nitrogens with one attached hydrogen (secondary N) is 1. The van der Waals surface area contributed by atoms with Gasteiger partial charge < -0.3 is 16.2 Å². The van der Waals surface area contributed by atoms with E-state index >= 15 is 0 Å². The monoisotopic (exact) mass is 247 g/mol. The Balaban J connectivity index is 2.24. The molecule has 0 fully saturated rings. The Morgan fingerprint density at radius 3 is 2.83 bits per heavy atom. The molecule has 1 aromatic heterocycles. The van der Waals surface area contributed by atoms with Gasteiger partial charge in [0.15, 0.2) is 0 Å². The smallest absolute Gasteiger partial charge is 0.257 e. The molecule has 0 unspecified atom stereocenters. The van der Waals surface area contributed by atoms with Crippen LogP contribution in [0.1, 0.15) is 10.4 Å². The number of aromatic hydroxyl groups is 1. The Kier molecular flexibility index (Phi) is 3.09. The maximum absolute atomic E-state index is 13.0. The first-order valence-electron chi connectivity index (χ1n) is 5.06. The second kappa shape index (κ2) is 4.70. The second-order valence-electron chi connectivity index (χ2n) is 3.62. The van der Waals surface area contributed by atoms with Crippen LogP contribution in [-0.2, 0) is 0 Å². The summed E-state index contributed by atoms with van der Waals surface area (Å²) in [6.07, 6.45) is 2.48. The largest absolute Gasteiger partial charge is 0.506 e. The van der Waals surface area contributed by atoms with Gasteiger partial charge >= 0.3 is 0 Å². The van der Waals surface area contributed by atoms with Crippen LogP contribution in [0, 0.1) is 5.82 Å². The van der Waals surface area contributed by atoms with Crippen molar-refractivity contribution in [2.24, 2.45) is 0 Å². The quantitative estimate of drug-likeness (QED) is 0.705. The van der Waals surface area contributed by atoms with Crippen LogP contribution >= 0.6 is 0 Å². The lowest BCUT2D eigenvalue weighted by Gasteiger charge is -2.08. The minimum Gasteiger partial charge on any atom is -0.506 e. The van der Waals surface area contributed by atoms with E-state index in [1.165, 1.54) is 30.6 Å². The number of carbonyl (C=O) groups excluding carboxylic acids is 1. The van der Waals surface area contributed by atoms with Crippen LogP contribution in [-0.4, -0.2) is 16.0 Å². The highest BCUT2D eigenvalue weighted by Crippen LogP contribution is 2.20. The number of halogens is 1. The number of benzene rings is 1. The van der Waals surface area contributed by atoms with Gasteiger partial charge in [0.2, 0.25) is 0 Å². The third kappa shape index (κ3) is 2.54. The molecule has 2 rings (SSSR count). The van der Waals surface area contributed by atoms with Crippen molar-refractivity contribution in [1.29, 1.82) is 0 Å². The molecule has 0 aliphatic carbocycles. The molecule has 0 saturated heterocycles. The summed E-state index contributed by atoms with van der Waals surface area (Å²) < 4.78 is 13.0. The Hall–Kier alpha value is -2.63. The zero-order valence-electron chi connectivity index (χ0n) is 9.22. The van der Waals surface area contributed by atoms with Crippen molar-refractivity contribution in [3.05, 3.63) is 48.0 Å². The molecule has 2 aromatic rings. The molecule has 0 aliphatic heterocycles. The van der Waals surface area contributed by atoms with Gasteiger partial charge in [0.05, 0.1) is 23.1 Å². The number of hydrogen-bond acceptors (Lipinski definition) is 4. The molecular formula is C12H10FN3O2. The van der Waals surface area contributed by atoms with Gasteiger partial charge in [0.25, 0.3) is 5.91 Å². The molecule has 0 spiro atoms. The van der Waals surface area contributed by atoms with Gasteiger partial charge in [0.1, 0.15) is 11.6 Å². The number of amides is 1. The van der Waals surface area contributed by atoms with Gasteiger partial charge in [0, 0.05) is 6.20 Å². The van der Waals surface area contributed by atoms with E-state index in [1.807, 2.05) is 0 Å². The van der Waals surface area contributed by atoms with Gasteiger partial charge in [-0.3, -0.25) is 9.78 Å². The molecule has 92 valence electrons. The van der Waals surface area contributed by atoms with Gasteiger partial charge in [-0.15, -0.1) is 0 Å². The summed E-state index contributed by atoms with van der Waals surface area (Å²) in [5.74, 6) is -1.17. The van der Waals surface area contributed by atoms with Crippen LogP contribution in [0.15, 0.2) is 36.7 Å². The van der Waals surface area contributed by atoms with Gasteiger partial charge in [-0.2, -0.15) is 0 Å². The topological polar surface area (TPSA) is 88.2 Å². The molecule has 5 nitrogen and oxygen atoms in total. The van der Waals surface area contributed by atoms with Crippen LogP contribution in [0.25, 0.3) is 0 Å². The molecule has 1 heterocycles. The van der Waals surface area contributed by atoms with Crippen molar-refractivity contribution in [2.45, 2.75) is 0 Å². The lowest BCUT2D eigenvalue weighted by molar-refractivity contribution is 0.102. The minimum atomic E-state index is -0.532. The summed E-state index contributed by atoms with van der Waals surface area (Å²) in [5.41, 5.74) is 6.17. The van der Waals surface area contributed by atoms with Crippen LogP contribution in [0.4, 0.5) is 15.8 Å². The average Bonchev–Trinajstić information content (AvgIpc) is 2.34. The zero-order chi connectivity index (χ0) is 13.1. The van der Waals surface area contributed by atoms with Crippen molar-refractivity contribution < 1.29 is 14.3 Å². The highest BCUT2D eigenvalue weighted by molar-refractivity contribution is 6.05. The van der Waals surface area contributed by atoms with Crippen LogP contribution in [0.2, 0.25) is 0 Å². The van der Waals surface area contributed by atoms with Crippen molar-refractivity contribution in [1.82, 2.24) is 4.98 Å². The molecule has 1 aromatic carbocycles. The van der Waals surface area contributed by atoms with Gasteiger partial charge in [-0.1, -0.05) is 0 Å². The SMILES string of the molecule is Nc1ccc(F)cc1NC(=O)c1cncc(O)c1. The number of nitrogens with zero attached hydrogens (tertiary/aromatic N) is 1. The Morgan fingerprint density at radius 1 is 1.33 bits per heavy atom. The summed E-state index contributed by atoms with van der Waals surface area (Å²) in [7, 11) is 0. The van der Waals surface area contributed by atoms with Crippen molar-refractivity contribution in [3.63, 3.8) is 0 Å². The van der Waals surface area contributed by atoms with Crippen LogP contribution in [0.3, 0.4) is 0 Å². The molecule has 0 aliphatic rings. The molecule has 18 heavy (non-hydrogen) atoms. The number of aromatic nitrogens is 1. The van der Waals surface area contributed by atoms with E-state index in [0.717, 1.165) is 6.07 Å². The lowest BCUT2D eigenvalue weighted by atomic mass is 10.2. The summed E-state index contributed by atoms with van der Waals surface area (Å²) in [6.45, 7) is 0. The first kappa shape index (κ1) is 11.8. The van der Waals surface area contributed by atoms with E-state index in [9.17, 15) is 14.3 Å². The van der Waals surface area contributed by atoms with E-state index in [2.05, 4.69) is 10.3 Å². The van der Waals surface area contributed by atoms with E-state index in [1.54, 1.807) is 0 Å². The average molecular weight is 247 g/mol. The molecule has 0 saturated carbocycles. The van der Waals surface area contributed by atoms with Crippen molar-refractivity contribution in [2.75, 3.05) is 11.1 Å². The van der Waals surface area contributed by atoms with Gasteiger partial charge in [-0.25, -0.2) is 4.39 Å².